The van der Waals surface area contributed by atoms with Gasteiger partial charge in [-0.3, -0.25) is 0 Å². The number of hydrogen-bond donors (Lipinski definition) is 3. The molecule has 54 heavy (non-hydrogen) atoms. The fourth-order valence-corrected chi connectivity index (χ4v) is 5.84. The van der Waals surface area contributed by atoms with Gasteiger partial charge < -0.3 is 39.4 Å². The molecule has 0 unspecified atom stereocenters. The minimum absolute atomic E-state index is 0.0924. The Labute approximate surface area is 326 Å². The molecule has 0 aliphatic carbocycles. The van der Waals surface area contributed by atoms with Crippen molar-refractivity contribution in [1.82, 2.24) is 14.1 Å². The van der Waals surface area contributed by atoms with Crippen molar-refractivity contribution in [3.05, 3.63) is 24.3 Å². The predicted octanol–water partition coefficient (Wildman–Crippen LogP) is 7.13. The summed E-state index contributed by atoms with van der Waals surface area (Å²) in [6.07, 6.45) is 23.5. The van der Waals surface area contributed by atoms with Crippen LogP contribution in [0.3, 0.4) is 0 Å². The number of ether oxygens (including phenoxy) is 4. The minimum atomic E-state index is -1.26. The van der Waals surface area contributed by atoms with Crippen molar-refractivity contribution in [3.63, 3.8) is 0 Å². The highest BCUT2D eigenvalue weighted by Gasteiger charge is 2.23. The Bertz CT molecular complexity index is 1210. The summed E-state index contributed by atoms with van der Waals surface area (Å²) in [6.45, 7) is 11.9. The van der Waals surface area contributed by atoms with E-state index < -0.39 is 30.0 Å². The molecule has 308 valence electrons. The lowest BCUT2D eigenvalue weighted by Crippen LogP contribution is -2.44. The van der Waals surface area contributed by atoms with Gasteiger partial charge in [-0.05, 0) is 27.2 Å². The van der Waals surface area contributed by atoms with E-state index in [1.807, 2.05) is 20.8 Å². The van der Waals surface area contributed by atoms with Gasteiger partial charge in [0.25, 0.3) is 5.88 Å². The van der Waals surface area contributed by atoms with Crippen molar-refractivity contribution >= 4 is 41.4 Å². The number of unbranched alkanes of at least 4 members (excludes halogenated alkanes) is 15. The Morgan fingerprint density at radius 2 is 1.28 bits per heavy atom. The Kier molecular flexibility index (Phi) is 27.6. The van der Waals surface area contributed by atoms with E-state index in [0.29, 0.717) is 63.3 Å². The molecule has 0 aromatic carbocycles. The lowest BCUT2D eigenvalue weighted by Gasteiger charge is -2.27. The third kappa shape index (κ3) is 28.0. The van der Waals surface area contributed by atoms with E-state index in [-0.39, 0.29) is 12.1 Å². The highest BCUT2D eigenvalue weighted by atomic mass is 32.1. The van der Waals surface area contributed by atoms with Crippen LogP contribution >= 0.6 is 11.7 Å². The number of aromatic nitrogens is 2. The van der Waals surface area contributed by atoms with Gasteiger partial charge >= 0.3 is 23.9 Å². The van der Waals surface area contributed by atoms with Crippen molar-refractivity contribution < 1.29 is 48.3 Å². The van der Waals surface area contributed by atoms with Crippen LogP contribution in [-0.4, -0.2) is 101 Å². The second-order valence-electron chi connectivity index (χ2n) is 14.3. The highest BCUT2D eigenvalue weighted by molar-refractivity contribution is 6.99. The van der Waals surface area contributed by atoms with Gasteiger partial charge in [-0.2, -0.15) is 4.37 Å². The maximum Gasteiger partial charge on any atom is 0.331 e. The van der Waals surface area contributed by atoms with E-state index in [2.05, 4.69) is 25.9 Å². The van der Waals surface area contributed by atoms with Crippen LogP contribution in [0.1, 0.15) is 130 Å². The number of nitrogens with zero attached hydrogens (tertiary/aromatic N) is 3. The van der Waals surface area contributed by atoms with Gasteiger partial charge in [0, 0.05) is 49.5 Å². The van der Waals surface area contributed by atoms with E-state index in [9.17, 15) is 19.2 Å². The molecule has 1 saturated heterocycles. The molecule has 2 rings (SSSR count). The van der Waals surface area contributed by atoms with Crippen molar-refractivity contribution in [2.24, 2.45) is 0 Å². The topological polar surface area (TPSA) is 187 Å². The molecule has 0 bridgehead atoms. The molecule has 1 aliphatic rings. The molecule has 2 heterocycles. The SMILES string of the molecule is CCCCCCCCCCCCCCCCCCOC(=O)/C=C/C(=O)O[C@@H](CNC(C)(C)C)COc1nsnc1N1CCOCC1.O=C(O)/C=C\C(=O)O. The molecule has 1 aromatic heterocycles. The average molecular weight is 783 g/mol. The van der Waals surface area contributed by atoms with E-state index in [4.69, 9.17) is 29.2 Å². The van der Waals surface area contributed by atoms with Crippen molar-refractivity contribution in [2.45, 2.75) is 142 Å². The number of hydrogen-bond acceptors (Lipinski definition) is 13. The molecule has 0 spiro atoms. The maximum atomic E-state index is 12.5. The quantitative estimate of drug-likeness (QED) is 0.0443. The molecule has 1 aromatic rings. The maximum absolute atomic E-state index is 12.5. The second kappa shape index (κ2) is 30.7. The molecular weight excluding hydrogens is 717 g/mol. The number of anilines is 1. The summed E-state index contributed by atoms with van der Waals surface area (Å²) >= 11 is 1.08. The molecule has 0 amide bonds. The normalized spacial score (nSPS) is 13.7. The summed E-state index contributed by atoms with van der Waals surface area (Å²) < 4.78 is 30.9. The van der Waals surface area contributed by atoms with Crippen LogP contribution in [0, 0.1) is 0 Å². The fraction of sp³-hybridized carbons (Fsp3) is 0.744. The number of morpholine rings is 1. The third-order valence-electron chi connectivity index (χ3n) is 8.27. The van der Waals surface area contributed by atoms with E-state index >= 15 is 0 Å². The van der Waals surface area contributed by atoms with Crippen molar-refractivity contribution in [1.29, 1.82) is 0 Å². The number of rotatable bonds is 28. The van der Waals surface area contributed by atoms with Crippen LogP contribution in [-0.2, 0) is 33.4 Å². The molecule has 3 N–H and O–H groups in total. The van der Waals surface area contributed by atoms with Gasteiger partial charge in [-0.15, -0.1) is 4.37 Å². The number of carboxylic acids is 2. The zero-order valence-corrected chi connectivity index (χ0v) is 33.9. The third-order valence-corrected chi connectivity index (χ3v) is 8.77. The number of aliphatic carboxylic acids is 2. The number of esters is 2. The molecule has 1 fully saturated rings. The lowest BCUT2D eigenvalue weighted by molar-refractivity contribution is -0.145. The van der Waals surface area contributed by atoms with E-state index in [1.54, 1.807) is 0 Å². The highest BCUT2D eigenvalue weighted by Crippen LogP contribution is 2.26. The van der Waals surface area contributed by atoms with Crippen LogP contribution in [0.4, 0.5) is 5.82 Å². The predicted molar refractivity (Wildman–Crippen MR) is 210 cm³/mol. The van der Waals surface area contributed by atoms with Gasteiger partial charge in [0.1, 0.15) is 12.7 Å². The van der Waals surface area contributed by atoms with Gasteiger partial charge in [0.15, 0.2) is 0 Å². The smallest absolute Gasteiger partial charge is 0.331 e. The summed E-state index contributed by atoms with van der Waals surface area (Å²) in [4.78, 5) is 45.9. The monoisotopic (exact) mass is 782 g/mol. The van der Waals surface area contributed by atoms with E-state index in [1.165, 1.54) is 83.5 Å². The average Bonchev–Trinajstić information content (AvgIpc) is 3.61. The molecule has 0 saturated carbocycles. The standard InChI is InChI=1S/C35H62N4O6S.C4H4O4/c1-5-6-7-8-9-10-11-12-13-14-15-16-17-18-19-20-25-43-31(40)21-22-32(41)45-30(28-36-35(2,3)4)29-44-34-33(37-46-38-34)39-23-26-42-27-24-39;5-3(6)1-2-4(7)8/h21-22,30,36H,5-20,23-29H2,1-4H3;1-2H,(H,5,6)(H,7,8)/b22-21+;2-1-/t30-;/m0./s1. The molecule has 1 aliphatic heterocycles. The van der Waals surface area contributed by atoms with Crippen molar-refractivity contribution in [2.75, 3.05) is 51.0 Å². The fourth-order valence-electron chi connectivity index (χ4n) is 5.31. The minimum Gasteiger partial charge on any atom is -0.478 e. The first-order valence-electron chi connectivity index (χ1n) is 19.6. The summed E-state index contributed by atoms with van der Waals surface area (Å²) in [5, 5.41) is 19.0. The number of nitrogens with one attached hydrogen (secondary N) is 1. The Morgan fingerprint density at radius 1 is 0.778 bits per heavy atom. The summed E-state index contributed by atoms with van der Waals surface area (Å²) in [5.74, 6) is -2.60. The zero-order valence-electron chi connectivity index (χ0n) is 33.1. The first-order chi connectivity index (χ1) is 25.9. The Hall–Kier alpha value is -3.56. The zero-order chi connectivity index (χ0) is 39.9. The summed E-state index contributed by atoms with van der Waals surface area (Å²) in [7, 11) is 0. The lowest BCUT2D eigenvalue weighted by atomic mass is 10.0. The van der Waals surface area contributed by atoms with E-state index in [0.717, 1.165) is 43.1 Å². The van der Waals surface area contributed by atoms with Crippen LogP contribution in [0.25, 0.3) is 0 Å². The van der Waals surface area contributed by atoms with Crippen LogP contribution in [0.2, 0.25) is 0 Å². The van der Waals surface area contributed by atoms with Gasteiger partial charge in [0.05, 0.1) is 31.5 Å². The summed E-state index contributed by atoms with van der Waals surface area (Å²) in [5.41, 5.74) is -0.182. The van der Waals surface area contributed by atoms with Gasteiger partial charge in [0.2, 0.25) is 5.82 Å². The first kappa shape index (κ1) is 48.5. The molecule has 14 nitrogen and oxygen atoms in total. The van der Waals surface area contributed by atoms with Crippen LogP contribution < -0.4 is 15.0 Å². The molecule has 15 heteroatoms. The van der Waals surface area contributed by atoms with Gasteiger partial charge in [-0.1, -0.05) is 103 Å². The molecule has 0 radical (unpaired) electrons. The number of carboxylic acid groups (broad SMARTS) is 2. The Balaban J connectivity index is 0.00000163. The largest absolute Gasteiger partial charge is 0.478 e. The Morgan fingerprint density at radius 3 is 1.78 bits per heavy atom. The van der Waals surface area contributed by atoms with Crippen LogP contribution in [0.5, 0.6) is 5.88 Å². The second-order valence-corrected chi connectivity index (χ2v) is 14.8. The van der Waals surface area contributed by atoms with Crippen molar-refractivity contribution in [3.8, 4) is 5.88 Å². The number of carbonyl (C=O) groups excluding carboxylic acids is 2. The van der Waals surface area contributed by atoms with Gasteiger partial charge in [-0.25, -0.2) is 19.2 Å². The van der Waals surface area contributed by atoms with Crippen LogP contribution in [0.15, 0.2) is 24.3 Å². The molecular formula is C39H66N4O10S. The summed E-state index contributed by atoms with van der Waals surface area (Å²) in [6, 6.07) is 0. The first-order valence-corrected chi connectivity index (χ1v) is 20.4. The number of carbonyl (C=O) groups is 4. The molecule has 1 atom stereocenters.